The highest BCUT2D eigenvalue weighted by atomic mass is 32.2. The lowest BCUT2D eigenvalue weighted by Crippen LogP contribution is -2.38. The van der Waals surface area contributed by atoms with E-state index in [-0.39, 0.29) is 18.8 Å². The standard InChI is InChI=1S/C17H19FN2O3S/c18-16-9-5-4-8-15(16)12-19-17(21)13-20-24(22,23)11-10-14-6-2-1-3-7-14/h1-9,20H,10-13H2,(H,19,21). The number of halogens is 1. The van der Waals surface area contributed by atoms with Gasteiger partial charge in [0.2, 0.25) is 15.9 Å². The number of carbonyl (C=O) groups excluding carboxylic acids is 1. The van der Waals surface area contributed by atoms with Crippen LogP contribution < -0.4 is 10.0 Å². The highest BCUT2D eigenvalue weighted by molar-refractivity contribution is 7.89. The van der Waals surface area contributed by atoms with E-state index in [9.17, 15) is 17.6 Å². The minimum Gasteiger partial charge on any atom is -0.351 e. The summed E-state index contributed by atoms with van der Waals surface area (Å²) in [5, 5.41) is 2.48. The maximum atomic E-state index is 13.4. The lowest BCUT2D eigenvalue weighted by molar-refractivity contribution is -0.120. The van der Waals surface area contributed by atoms with E-state index in [1.807, 2.05) is 30.3 Å². The zero-order valence-electron chi connectivity index (χ0n) is 13.0. The van der Waals surface area contributed by atoms with Crippen molar-refractivity contribution in [2.75, 3.05) is 12.3 Å². The third-order valence-electron chi connectivity index (χ3n) is 3.39. The molecule has 0 saturated carbocycles. The summed E-state index contributed by atoms with van der Waals surface area (Å²) < 4.78 is 39.4. The minimum atomic E-state index is -3.55. The number of rotatable bonds is 8. The third kappa shape index (κ3) is 6.10. The second-order valence-electron chi connectivity index (χ2n) is 5.24. The van der Waals surface area contributed by atoms with Crippen LogP contribution >= 0.6 is 0 Å². The molecular formula is C17H19FN2O3S. The predicted molar refractivity (Wildman–Crippen MR) is 90.2 cm³/mol. The zero-order valence-corrected chi connectivity index (χ0v) is 13.9. The van der Waals surface area contributed by atoms with E-state index in [1.165, 1.54) is 6.07 Å². The molecule has 0 unspecified atom stereocenters. The van der Waals surface area contributed by atoms with Crippen LogP contribution in [0.25, 0.3) is 0 Å². The Hall–Kier alpha value is -2.25. The summed E-state index contributed by atoms with van der Waals surface area (Å²) in [6.45, 7) is -0.358. The summed E-state index contributed by atoms with van der Waals surface area (Å²) >= 11 is 0. The van der Waals surface area contributed by atoms with E-state index in [4.69, 9.17) is 0 Å². The maximum absolute atomic E-state index is 13.4. The van der Waals surface area contributed by atoms with Crippen LogP contribution in [0.3, 0.4) is 0 Å². The van der Waals surface area contributed by atoms with E-state index < -0.39 is 21.7 Å². The monoisotopic (exact) mass is 350 g/mol. The Morgan fingerprint density at radius 2 is 1.67 bits per heavy atom. The molecule has 0 saturated heterocycles. The Balaban J connectivity index is 1.75. The van der Waals surface area contributed by atoms with Crippen LogP contribution in [-0.2, 0) is 27.8 Å². The number of benzene rings is 2. The van der Waals surface area contributed by atoms with Crippen molar-refractivity contribution in [3.63, 3.8) is 0 Å². The van der Waals surface area contributed by atoms with E-state index >= 15 is 0 Å². The molecule has 0 aliphatic rings. The lowest BCUT2D eigenvalue weighted by Gasteiger charge is -2.08. The number of sulfonamides is 1. The van der Waals surface area contributed by atoms with Crippen molar-refractivity contribution in [3.8, 4) is 0 Å². The third-order valence-corrected chi connectivity index (χ3v) is 4.71. The second kappa shape index (κ2) is 8.56. The van der Waals surface area contributed by atoms with Crippen LogP contribution in [0.5, 0.6) is 0 Å². The van der Waals surface area contributed by atoms with Crippen molar-refractivity contribution in [1.29, 1.82) is 0 Å². The lowest BCUT2D eigenvalue weighted by atomic mass is 10.2. The van der Waals surface area contributed by atoms with Gasteiger partial charge in [0, 0.05) is 12.1 Å². The molecule has 5 nitrogen and oxygen atoms in total. The molecule has 0 aromatic heterocycles. The topological polar surface area (TPSA) is 75.3 Å². The summed E-state index contributed by atoms with van der Waals surface area (Å²) in [5.74, 6) is -1.03. The molecule has 0 radical (unpaired) electrons. The van der Waals surface area contributed by atoms with Gasteiger partial charge in [0.25, 0.3) is 0 Å². The molecule has 0 aliphatic carbocycles. The summed E-state index contributed by atoms with van der Waals surface area (Å²) in [4.78, 5) is 11.7. The first kappa shape index (κ1) is 18.1. The van der Waals surface area contributed by atoms with Crippen molar-refractivity contribution in [2.45, 2.75) is 13.0 Å². The van der Waals surface area contributed by atoms with E-state index in [0.717, 1.165) is 5.56 Å². The van der Waals surface area contributed by atoms with Crippen molar-refractivity contribution in [2.24, 2.45) is 0 Å². The molecule has 1 amide bonds. The van der Waals surface area contributed by atoms with Gasteiger partial charge in [0.05, 0.1) is 12.3 Å². The molecule has 2 rings (SSSR count). The molecular weight excluding hydrogens is 331 g/mol. The molecule has 128 valence electrons. The van der Waals surface area contributed by atoms with E-state index in [0.29, 0.717) is 12.0 Å². The van der Waals surface area contributed by atoms with Gasteiger partial charge in [-0.3, -0.25) is 4.79 Å². The van der Waals surface area contributed by atoms with Crippen LogP contribution in [0.15, 0.2) is 54.6 Å². The molecule has 0 heterocycles. The predicted octanol–water partition coefficient (Wildman–Crippen LogP) is 1.60. The van der Waals surface area contributed by atoms with Gasteiger partial charge >= 0.3 is 0 Å². The molecule has 24 heavy (non-hydrogen) atoms. The summed E-state index contributed by atoms with van der Waals surface area (Å²) in [7, 11) is -3.55. The van der Waals surface area contributed by atoms with Crippen LogP contribution in [0, 0.1) is 5.82 Å². The number of carbonyl (C=O) groups is 1. The zero-order chi connectivity index (χ0) is 17.4. The minimum absolute atomic E-state index is 0.0112. The Morgan fingerprint density at radius 3 is 2.38 bits per heavy atom. The summed E-state index contributed by atoms with van der Waals surface area (Å²) in [6, 6.07) is 15.3. The highest BCUT2D eigenvalue weighted by Crippen LogP contribution is 2.05. The normalized spacial score (nSPS) is 11.2. The summed E-state index contributed by atoms with van der Waals surface area (Å²) in [5.41, 5.74) is 1.25. The van der Waals surface area contributed by atoms with Gasteiger partial charge < -0.3 is 5.32 Å². The van der Waals surface area contributed by atoms with Crippen molar-refractivity contribution < 1.29 is 17.6 Å². The van der Waals surface area contributed by atoms with Crippen molar-refractivity contribution in [3.05, 3.63) is 71.5 Å². The van der Waals surface area contributed by atoms with Crippen LogP contribution in [0.1, 0.15) is 11.1 Å². The fourth-order valence-electron chi connectivity index (χ4n) is 2.04. The van der Waals surface area contributed by atoms with Gasteiger partial charge in [-0.05, 0) is 18.1 Å². The smallest absolute Gasteiger partial charge is 0.235 e. The fourth-order valence-corrected chi connectivity index (χ4v) is 3.04. The van der Waals surface area contributed by atoms with Crippen LogP contribution in [0.4, 0.5) is 4.39 Å². The molecule has 0 bridgehead atoms. The van der Waals surface area contributed by atoms with Gasteiger partial charge in [0.15, 0.2) is 0 Å². The van der Waals surface area contributed by atoms with Gasteiger partial charge in [-0.2, -0.15) is 0 Å². The first-order valence-corrected chi connectivity index (χ1v) is 9.13. The number of hydrogen-bond donors (Lipinski definition) is 2. The molecule has 2 aromatic rings. The van der Waals surface area contributed by atoms with Gasteiger partial charge in [-0.1, -0.05) is 48.5 Å². The Bertz CT molecular complexity index is 779. The first-order chi connectivity index (χ1) is 11.5. The number of nitrogens with one attached hydrogen (secondary N) is 2. The molecule has 2 aromatic carbocycles. The number of aryl methyl sites for hydroxylation is 1. The van der Waals surface area contributed by atoms with Gasteiger partial charge in [0.1, 0.15) is 5.82 Å². The highest BCUT2D eigenvalue weighted by Gasteiger charge is 2.12. The average Bonchev–Trinajstić information content (AvgIpc) is 2.59. The summed E-state index contributed by atoms with van der Waals surface area (Å²) in [6.07, 6.45) is 0.368. The molecule has 0 atom stereocenters. The fraction of sp³-hybridized carbons (Fsp3) is 0.235. The number of hydrogen-bond acceptors (Lipinski definition) is 3. The molecule has 7 heteroatoms. The Kier molecular flexibility index (Phi) is 6.45. The Morgan fingerprint density at radius 1 is 1.00 bits per heavy atom. The van der Waals surface area contributed by atoms with Crippen LogP contribution in [0.2, 0.25) is 0 Å². The number of amides is 1. The average molecular weight is 350 g/mol. The molecule has 0 spiro atoms. The SMILES string of the molecule is O=C(CNS(=O)(=O)CCc1ccccc1)NCc1ccccc1F. The quantitative estimate of drug-likeness (QED) is 0.759. The van der Waals surface area contributed by atoms with Crippen LogP contribution in [-0.4, -0.2) is 26.6 Å². The molecule has 0 fully saturated rings. The van der Waals surface area contributed by atoms with Crippen molar-refractivity contribution >= 4 is 15.9 Å². The van der Waals surface area contributed by atoms with E-state index in [2.05, 4.69) is 10.0 Å². The second-order valence-corrected chi connectivity index (χ2v) is 7.17. The Labute approximate surface area is 141 Å². The molecule has 0 aliphatic heterocycles. The van der Waals surface area contributed by atoms with Crippen molar-refractivity contribution in [1.82, 2.24) is 10.0 Å². The van der Waals surface area contributed by atoms with Gasteiger partial charge in [-0.25, -0.2) is 17.5 Å². The van der Waals surface area contributed by atoms with E-state index in [1.54, 1.807) is 18.2 Å². The first-order valence-electron chi connectivity index (χ1n) is 7.48. The van der Waals surface area contributed by atoms with Gasteiger partial charge in [-0.15, -0.1) is 0 Å². The largest absolute Gasteiger partial charge is 0.351 e. The molecule has 2 N–H and O–H groups in total. The maximum Gasteiger partial charge on any atom is 0.235 e.